The summed E-state index contributed by atoms with van der Waals surface area (Å²) in [4.78, 5) is 0. The van der Waals surface area contributed by atoms with Crippen LogP contribution >= 0.6 is 15.9 Å². The zero-order valence-corrected chi connectivity index (χ0v) is 11.6. The molecule has 0 radical (unpaired) electrons. The Balaban J connectivity index is 2.04. The van der Waals surface area contributed by atoms with Crippen LogP contribution in [0.4, 0.5) is 0 Å². The molecule has 1 saturated heterocycles. The minimum atomic E-state index is -0.118. The van der Waals surface area contributed by atoms with Gasteiger partial charge in [-0.05, 0) is 18.4 Å². The number of rotatable bonds is 5. The highest BCUT2D eigenvalue weighted by atomic mass is 79.9. The number of halogens is 1. The first-order valence-corrected chi connectivity index (χ1v) is 7.28. The standard InChI is InChI=1S/C14H19BrO2/c15-8-4-7-14(12-16-9-10-17-14)11-13-5-2-1-3-6-13/h1-3,5-6H,4,7-12H2. The summed E-state index contributed by atoms with van der Waals surface area (Å²) in [6, 6.07) is 10.5. The zero-order chi connectivity index (χ0) is 12.0. The average Bonchev–Trinajstić information content (AvgIpc) is 2.39. The van der Waals surface area contributed by atoms with Gasteiger partial charge in [0.15, 0.2) is 0 Å². The predicted octanol–water partition coefficient (Wildman–Crippen LogP) is 3.19. The summed E-state index contributed by atoms with van der Waals surface area (Å²) in [6.07, 6.45) is 3.12. The molecule has 17 heavy (non-hydrogen) atoms. The fraction of sp³-hybridized carbons (Fsp3) is 0.571. The summed E-state index contributed by atoms with van der Waals surface area (Å²) in [7, 11) is 0. The Kier molecular flexibility index (Phi) is 5.01. The highest BCUT2D eigenvalue weighted by Crippen LogP contribution is 2.27. The largest absolute Gasteiger partial charge is 0.376 e. The third-order valence-electron chi connectivity index (χ3n) is 3.14. The van der Waals surface area contributed by atoms with Gasteiger partial charge >= 0.3 is 0 Å². The Morgan fingerprint density at radius 2 is 2.00 bits per heavy atom. The quantitative estimate of drug-likeness (QED) is 0.777. The summed E-state index contributed by atoms with van der Waals surface area (Å²) in [5, 5.41) is 1.02. The van der Waals surface area contributed by atoms with Crippen LogP contribution in [-0.4, -0.2) is 30.8 Å². The highest BCUT2D eigenvalue weighted by Gasteiger charge is 2.33. The second-order valence-corrected chi connectivity index (χ2v) is 5.33. The normalized spacial score (nSPS) is 24.8. The van der Waals surface area contributed by atoms with Crippen LogP contribution in [0.25, 0.3) is 0 Å². The molecule has 0 aliphatic carbocycles. The van der Waals surface area contributed by atoms with Crippen LogP contribution in [0.3, 0.4) is 0 Å². The van der Waals surface area contributed by atoms with Crippen LogP contribution in [0.2, 0.25) is 0 Å². The van der Waals surface area contributed by atoms with Gasteiger partial charge in [-0.1, -0.05) is 46.3 Å². The van der Waals surface area contributed by atoms with Gasteiger partial charge in [-0.2, -0.15) is 0 Å². The van der Waals surface area contributed by atoms with E-state index < -0.39 is 0 Å². The van der Waals surface area contributed by atoms with Crippen molar-refractivity contribution in [2.45, 2.75) is 24.9 Å². The topological polar surface area (TPSA) is 18.5 Å². The molecule has 0 spiro atoms. The van der Waals surface area contributed by atoms with E-state index in [1.807, 2.05) is 6.07 Å². The lowest BCUT2D eigenvalue weighted by atomic mass is 9.90. The number of hydrogen-bond acceptors (Lipinski definition) is 2. The van der Waals surface area contributed by atoms with Gasteiger partial charge in [-0.25, -0.2) is 0 Å². The number of benzene rings is 1. The van der Waals surface area contributed by atoms with Crippen molar-refractivity contribution in [2.24, 2.45) is 0 Å². The molecule has 2 rings (SSSR count). The van der Waals surface area contributed by atoms with Crippen molar-refractivity contribution < 1.29 is 9.47 Å². The molecule has 1 unspecified atom stereocenters. The van der Waals surface area contributed by atoms with E-state index in [2.05, 4.69) is 40.2 Å². The molecule has 0 saturated carbocycles. The van der Waals surface area contributed by atoms with Gasteiger partial charge in [0.05, 0.1) is 25.4 Å². The third-order valence-corrected chi connectivity index (χ3v) is 3.70. The molecule has 2 nitrogen and oxygen atoms in total. The molecule has 1 aromatic rings. The van der Waals surface area contributed by atoms with E-state index >= 15 is 0 Å². The van der Waals surface area contributed by atoms with Crippen LogP contribution < -0.4 is 0 Å². The monoisotopic (exact) mass is 298 g/mol. The summed E-state index contributed by atoms with van der Waals surface area (Å²) in [5.41, 5.74) is 1.21. The highest BCUT2D eigenvalue weighted by molar-refractivity contribution is 9.09. The lowest BCUT2D eigenvalue weighted by molar-refractivity contribution is -0.160. The smallest absolute Gasteiger partial charge is 0.0956 e. The minimum Gasteiger partial charge on any atom is -0.376 e. The van der Waals surface area contributed by atoms with Crippen molar-refractivity contribution in [1.29, 1.82) is 0 Å². The predicted molar refractivity (Wildman–Crippen MR) is 72.7 cm³/mol. The van der Waals surface area contributed by atoms with Crippen LogP contribution in [0.1, 0.15) is 18.4 Å². The number of ether oxygens (including phenoxy) is 2. The molecular weight excluding hydrogens is 280 g/mol. The molecule has 3 heteroatoms. The molecule has 1 heterocycles. The molecule has 1 aliphatic rings. The first-order chi connectivity index (χ1) is 8.35. The maximum atomic E-state index is 6.03. The van der Waals surface area contributed by atoms with Crippen molar-refractivity contribution in [1.82, 2.24) is 0 Å². The summed E-state index contributed by atoms with van der Waals surface area (Å²) >= 11 is 3.49. The fourth-order valence-corrected chi connectivity index (χ4v) is 2.59. The zero-order valence-electron chi connectivity index (χ0n) is 10.0. The van der Waals surface area contributed by atoms with E-state index in [0.717, 1.165) is 44.4 Å². The third kappa shape index (κ3) is 3.80. The molecule has 0 aromatic heterocycles. The molecule has 0 bridgehead atoms. The second-order valence-electron chi connectivity index (χ2n) is 4.54. The summed E-state index contributed by atoms with van der Waals surface area (Å²) in [5.74, 6) is 0. The molecule has 0 amide bonds. The molecule has 1 aliphatic heterocycles. The SMILES string of the molecule is BrCCCC1(Cc2ccccc2)COCCO1. The molecule has 1 atom stereocenters. The molecule has 94 valence electrons. The van der Waals surface area contributed by atoms with Crippen molar-refractivity contribution in [3.05, 3.63) is 35.9 Å². The van der Waals surface area contributed by atoms with Crippen LogP contribution in [0.15, 0.2) is 30.3 Å². The molecule has 1 aromatic carbocycles. The number of hydrogen-bond donors (Lipinski definition) is 0. The van der Waals surface area contributed by atoms with E-state index in [9.17, 15) is 0 Å². The van der Waals surface area contributed by atoms with Gasteiger partial charge < -0.3 is 9.47 Å². The van der Waals surface area contributed by atoms with E-state index in [1.54, 1.807) is 0 Å². The van der Waals surface area contributed by atoms with Gasteiger partial charge in [0, 0.05) is 11.8 Å². The van der Waals surface area contributed by atoms with Gasteiger partial charge in [0.1, 0.15) is 0 Å². The van der Waals surface area contributed by atoms with Crippen LogP contribution in [0, 0.1) is 0 Å². The van der Waals surface area contributed by atoms with Crippen LogP contribution in [-0.2, 0) is 15.9 Å². The minimum absolute atomic E-state index is 0.118. The van der Waals surface area contributed by atoms with Gasteiger partial charge in [0.25, 0.3) is 0 Å². The lowest BCUT2D eigenvalue weighted by Crippen LogP contribution is -2.45. The van der Waals surface area contributed by atoms with Crippen LogP contribution in [0.5, 0.6) is 0 Å². The van der Waals surface area contributed by atoms with Gasteiger partial charge in [-0.15, -0.1) is 0 Å². The van der Waals surface area contributed by atoms with E-state index in [0.29, 0.717) is 0 Å². The lowest BCUT2D eigenvalue weighted by Gasteiger charge is -2.37. The van der Waals surface area contributed by atoms with E-state index in [4.69, 9.17) is 9.47 Å². The Labute approximate surface area is 111 Å². The molecular formula is C14H19BrO2. The Hall–Kier alpha value is -0.380. The maximum absolute atomic E-state index is 6.03. The van der Waals surface area contributed by atoms with Crippen molar-refractivity contribution in [3.63, 3.8) is 0 Å². The van der Waals surface area contributed by atoms with Gasteiger partial charge in [0.2, 0.25) is 0 Å². The molecule has 1 fully saturated rings. The Morgan fingerprint density at radius 1 is 1.18 bits per heavy atom. The van der Waals surface area contributed by atoms with Gasteiger partial charge in [-0.3, -0.25) is 0 Å². The summed E-state index contributed by atoms with van der Waals surface area (Å²) in [6.45, 7) is 2.16. The van der Waals surface area contributed by atoms with Crippen molar-refractivity contribution in [3.8, 4) is 0 Å². The van der Waals surface area contributed by atoms with E-state index in [1.165, 1.54) is 5.56 Å². The summed E-state index contributed by atoms with van der Waals surface area (Å²) < 4.78 is 11.6. The average molecular weight is 299 g/mol. The first kappa shape index (κ1) is 13.1. The number of alkyl halides is 1. The fourth-order valence-electron chi connectivity index (χ4n) is 2.31. The van der Waals surface area contributed by atoms with E-state index in [-0.39, 0.29) is 5.60 Å². The molecule has 0 N–H and O–H groups in total. The first-order valence-electron chi connectivity index (χ1n) is 6.16. The van der Waals surface area contributed by atoms with Crippen molar-refractivity contribution >= 4 is 15.9 Å². The van der Waals surface area contributed by atoms with Crippen molar-refractivity contribution in [2.75, 3.05) is 25.2 Å². The Morgan fingerprint density at radius 3 is 2.65 bits per heavy atom. The Bertz CT molecular complexity index is 320. The maximum Gasteiger partial charge on any atom is 0.0956 e. The second kappa shape index (κ2) is 6.53.